The minimum atomic E-state index is -0.290. The summed E-state index contributed by atoms with van der Waals surface area (Å²) >= 11 is 0. The first-order valence-corrected chi connectivity index (χ1v) is 3.49. The summed E-state index contributed by atoms with van der Waals surface area (Å²) in [6.07, 6.45) is 3.03. The Bertz CT molecular complexity index is 476. The highest BCUT2D eigenvalue weighted by molar-refractivity contribution is 5.73. The molecular weight excluding hydrogens is 156 g/mol. The molecule has 60 valence electrons. The van der Waals surface area contributed by atoms with Gasteiger partial charge in [-0.25, -0.2) is 0 Å². The minimum absolute atomic E-state index is 0.290. The lowest BCUT2D eigenvalue weighted by atomic mass is 10.3. The van der Waals surface area contributed by atoms with Crippen molar-refractivity contribution in [1.82, 2.24) is 9.97 Å². The number of fused-ring (bicyclic) bond motifs is 1. The predicted octanol–water partition coefficient (Wildman–Crippen LogP) is 0.891. The van der Waals surface area contributed by atoms with Crippen LogP contribution >= 0.6 is 0 Å². The van der Waals surface area contributed by atoms with E-state index in [1.165, 1.54) is 6.20 Å². The van der Waals surface area contributed by atoms with E-state index in [-0.39, 0.29) is 5.56 Å². The number of hydrogen-bond donors (Lipinski definition) is 0. The van der Waals surface area contributed by atoms with Crippen molar-refractivity contribution >= 4 is 11.0 Å². The predicted molar refractivity (Wildman–Crippen MR) is 42.8 cm³/mol. The summed E-state index contributed by atoms with van der Waals surface area (Å²) in [5, 5.41) is 0.420. The molecule has 0 spiro atoms. The van der Waals surface area contributed by atoms with E-state index in [2.05, 4.69) is 9.97 Å². The maximum Gasteiger partial charge on any atom is 0.285 e. The van der Waals surface area contributed by atoms with E-state index >= 15 is 0 Å². The lowest BCUT2D eigenvalue weighted by Crippen LogP contribution is -2.07. The van der Waals surface area contributed by atoms with E-state index in [9.17, 15) is 4.79 Å². The van der Waals surface area contributed by atoms with Crippen molar-refractivity contribution in [3.05, 3.63) is 34.7 Å². The lowest BCUT2D eigenvalue weighted by Gasteiger charge is -1.94. The van der Waals surface area contributed by atoms with Crippen molar-refractivity contribution in [2.75, 3.05) is 0 Å². The van der Waals surface area contributed by atoms with Crippen molar-refractivity contribution in [3.63, 3.8) is 0 Å². The molecule has 0 aromatic carbocycles. The van der Waals surface area contributed by atoms with Crippen LogP contribution in [0.25, 0.3) is 11.0 Å². The number of hydrogen-bond acceptors (Lipinski definition) is 4. The van der Waals surface area contributed by atoms with E-state index in [1.54, 1.807) is 19.2 Å². The van der Waals surface area contributed by atoms with Crippen molar-refractivity contribution < 1.29 is 4.42 Å². The fourth-order valence-electron chi connectivity index (χ4n) is 1.02. The first kappa shape index (κ1) is 6.97. The molecule has 2 aromatic heterocycles. The minimum Gasteiger partial charge on any atom is -0.442 e. The summed E-state index contributed by atoms with van der Waals surface area (Å²) in [6, 6.07) is 1.64. The Morgan fingerprint density at radius 2 is 2.33 bits per heavy atom. The Labute approximate surface area is 67.9 Å². The summed E-state index contributed by atoms with van der Waals surface area (Å²) in [7, 11) is 0. The SMILES string of the molecule is Cc1nc(=O)c2cnccc2o1. The Morgan fingerprint density at radius 1 is 1.50 bits per heavy atom. The number of aryl methyl sites for hydroxylation is 1. The molecule has 0 aliphatic rings. The Morgan fingerprint density at radius 3 is 3.17 bits per heavy atom. The molecule has 0 fully saturated rings. The first-order valence-electron chi connectivity index (χ1n) is 3.49. The van der Waals surface area contributed by atoms with Crippen LogP contribution in [0.2, 0.25) is 0 Å². The summed E-state index contributed by atoms with van der Waals surface area (Å²) < 4.78 is 5.19. The topological polar surface area (TPSA) is 56.0 Å². The second kappa shape index (κ2) is 2.41. The van der Waals surface area contributed by atoms with Crippen LogP contribution in [0.1, 0.15) is 5.89 Å². The van der Waals surface area contributed by atoms with Gasteiger partial charge in [0.1, 0.15) is 11.0 Å². The highest BCUT2D eigenvalue weighted by Gasteiger charge is 2.01. The fourth-order valence-corrected chi connectivity index (χ4v) is 1.02. The van der Waals surface area contributed by atoms with Gasteiger partial charge in [-0.2, -0.15) is 4.98 Å². The Balaban J connectivity index is 2.99. The van der Waals surface area contributed by atoms with Gasteiger partial charge >= 0.3 is 0 Å². The molecule has 0 amide bonds. The van der Waals surface area contributed by atoms with Crippen LogP contribution < -0.4 is 5.56 Å². The molecule has 2 rings (SSSR count). The number of aromatic nitrogens is 2. The van der Waals surface area contributed by atoms with E-state index in [1.807, 2.05) is 0 Å². The molecule has 0 saturated carbocycles. The molecule has 2 heterocycles. The molecule has 0 saturated heterocycles. The van der Waals surface area contributed by atoms with E-state index in [4.69, 9.17) is 4.42 Å². The third-order valence-corrected chi connectivity index (χ3v) is 1.53. The highest BCUT2D eigenvalue weighted by Crippen LogP contribution is 2.06. The van der Waals surface area contributed by atoms with E-state index in [0.717, 1.165) is 0 Å². The van der Waals surface area contributed by atoms with Crippen molar-refractivity contribution in [3.8, 4) is 0 Å². The smallest absolute Gasteiger partial charge is 0.285 e. The molecule has 4 heteroatoms. The maximum absolute atomic E-state index is 11.2. The van der Waals surface area contributed by atoms with Crippen LogP contribution in [0, 0.1) is 6.92 Å². The molecular formula is C8H6N2O2. The van der Waals surface area contributed by atoms with Crippen LogP contribution in [0.15, 0.2) is 27.7 Å². The third-order valence-electron chi connectivity index (χ3n) is 1.53. The van der Waals surface area contributed by atoms with Crippen LogP contribution in [0.4, 0.5) is 0 Å². The lowest BCUT2D eigenvalue weighted by molar-refractivity contribution is 0.534. The second-order valence-electron chi connectivity index (χ2n) is 2.41. The molecule has 2 aromatic rings. The summed E-state index contributed by atoms with van der Waals surface area (Å²) in [5.74, 6) is 0.374. The Hall–Kier alpha value is -1.71. The van der Waals surface area contributed by atoms with Gasteiger partial charge in [0.2, 0.25) is 0 Å². The van der Waals surface area contributed by atoms with Gasteiger partial charge in [0, 0.05) is 25.4 Å². The standard InChI is InChI=1S/C8H6N2O2/c1-5-10-8(11)6-4-9-3-2-7(6)12-5/h2-4H,1H3. The molecule has 4 nitrogen and oxygen atoms in total. The second-order valence-corrected chi connectivity index (χ2v) is 2.41. The maximum atomic E-state index is 11.2. The Kier molecular flexibility index (Phi) is 1.40. The molecule has 0 bridgehead atoms. The average molecular weight is 162 g/mol. The summed E-state index contributed by atoms with van der Waals surface area (Å²) in [4.78, 5) is 18.6. The van der Waals surface area contributed by atoms with Gasteiger partial charge in [0.15, 0.2) is 5.89 Å². The van der Waals surface area contributed by atoms with Gasteiger partial charge in [0.25, 0.3) is 5.56 Å². The zero-order valence-corrected chi connectivity index (χ0v) is 6.44. The molecule has 0 atom stereocenters. The van der Waals surface area contributed by atoms with E-state index in [0.29, 0.717) is 16.9 Å². The van der Waals surface area contributed by atoms with Gasteiger partial charge < -0.3 is 4.42 Å². The number of pyridine rings is 1. The summed E-state index contributed by atoms with van der Waals surface area (Å²) in [5.41, 5.74) is 0.240. The molecule has 0 radical (unpaired) electrons. The zero-order valence-electron chi connectivity index (χ0n) is 6.44. The summed E-state index contributed by atoms with van der Waals surface area (Å²) in [6.45, 7) is 1.64. The molecule has 0 N–H and O–H groups in total. The van der Waals surface area contributed by atoms with Gasteiger partial charge in [-0.05, 0) is 0 Å². The fraction of sp³-hybridized carbons (Fsp3) is 0.125. The zero-order chi connectivity index (χ0) is 8.55. The van der Waals surface area contributed by atoms with E-state index < -0.39 is 0 Å². The van der Waals surface area contributed by atoms with Crippen molar-refractivity contribution in [2.24, 2.45) is 0 Å². The van der Waals surface area contributed by atoms with Crippen LogP contribution in [0.3, 0.4) is 0 Å². The number of rotatable bonds is 0. The van der Waals surface area contributed by atoms with Crippen molar-refractivity contribution in [2.45, 2.75) is 6.92 Å². The molecule has 0 unspecified atom stereocenters. The van der Waals surface area contributed by atoms with Crippen LogP contribution in [-0.2, 0) is 0 Å². The first-order chi connectivity index (χ1) is 5.77. The van der Waals surface area contributed by atoms with Gasteiger partial charge in [0.05, 0.1) is 0 Å². The molecule has 12 heavy (non-hydrogen) atoms. The van der Waals surface area contributed by atoms with Crippen molar-refractivity contribution in [1.29, 1.82) is 0 Å². The number of nitrogens with zero attached hydrogens (tertiary/aromatic N) is 2. The third kappa shape index (κ3) is 0.972. The molecule has 0 aliphatic carbocycles. The largest absolute Gasteiger partial charge is 0.442 e. The van der Waals surface area contributed by atoms with Gasteiger partial charge in [-0.15, -0.1) is 0 Å². The quantitative estimate of drug-likeness (QED) is 0.577. The average Bonchev–Trinajstić information content (AvgIpc) is 2.04. The normalized spacial score (nSPS) is 10.4. The monoisotopic (exact) mass is 162 g/mol. The van der Waals surface area contributed by atoms with Gasteiger partial charge in [-0.1, -0.05) is 0 Å². The van der Waals surface area contributed by atoms with Crippen LogP contribution in [0.5, 0.6) is 0 Å². The highest BCUT2D eigenvalue weighted by atomic mass is 16.3. The van der Waals surface area contributed by atoms with Crippen LogP contribution in [-0.4, -0.2) is 9.97 Å². The molecule has 0 aliphatic heterocycles. The van der Waals surface area contributed by atoms with Gasteiger partial charge in [-0.3, -0.25) is 9.78 Å².